The van der Waals surface area contributed by atoms with Gasteiger partial charge in [-0.1, -0.05) is 18.2 Å². The summed E-state index contributed by atoms with van der Waals surface area (Å²) in [7, 11) is -3.46. The first kappa shape index (κ1) is 20.2. The topological polar surface area (TPSA) is 91.3 Å². The lowest BCUT2D eigenvalue weighted by Gasteiger charge is -2.34. The molecule has 0 bridgehead atoms. The van der Waals surface area contributed by atoms with E-state index in [2.05, 4.69) is 20.5 Å². The van der Waals surface area contributed by atoms with E-state index in [-0.39, 0.29) is 11.6 Å². The molecule has 1 aromatic carbocycles. The minimum Gasteiger partial charge on any atom is -0.352 e. The van der Waals surface area contributed by atoms with E-state index < -0.39 is 10.0 Å². The van der Waals surface area contributed by atoms with E-state index in [1.807, 2.05) is 35.2 Å². The van der Waals surface area contributed by atoms with Crippen LogP contribution in [-0.2, 0) is 15.8 Å². The predicted octanol–water partition coefficient (Wildman–Crippen LogP) is 2.41. The highest BCUT2D eigenvalue weighted by atomic mass is 32.2. The second-order valence-electron chi connectivity index (χ2n) is 6.89. The number of sulfonamides is 1. The average molecular weight is 428 g/mol. The van der Waals surface area contributed by atoms with Crippen molar-refractivity contribution in [3.05, 3.63) is 72.2 Å². The first-order valence-electron chi connectivity index (χ1n) is 9.49. The number of benzene rings is 1. The monoisotopic (exact) mass is 428 g/mol. The lowest BCUT2D eigenvalue weighted by Crippen LogP contribution is -2.49. The van der Waals surface area contributed by atoms with Crippen molar-refractivity contribution in [2.45, 2.75) is 5.75 Å². The van der Waals surface area contributed by atoms with Crippen LogP contribution in [0.4, 0.5) is 21.8 Å². The molecule has 0 saturated carbocycles. The van der Waals surface area contributed by atoms with E-state index in [4.69, 9.17) is 0 Å². The fourth-order valence-electron chi connectivity index (χ4n) is 3.21. The summed E-state index contributed by atoms with van der Waals surface area (Å²) in [6.45, 7) is 1.76. The molecule has 1 saturated heterocycles. The maximum Gasteiger partial charge on any atom is 0.218 e. The Bertz CT molecular complexity index is 1070. The summed E-state index contributed by atoms with van der Waals surface area (Å²) in [4.78, 5) is 6.18. The van der Waals surface area contributed by atoms with E-state index in [1.165, 1.54) is 28.6 Å². The van der Waals surface area contributed by atoms with Crippen LogP contribution in [0.1, 0.15) is 5.56 Å². The summed E-state index contributed by atoms with van der Waals surface area (Å²) in [5.41, 5.74) is 0.570. The van der Waals surface area contributed by atoms with Crippen LogP contribution in [0, 0.1) is 5.82 Å². The number of hydrogen-bond donors (Lipinski definition) is 1. The fraction of sp³-hybridized carbons (Fsp3) is 0.250. The van der Waals surface area contributed by atoms with Crippen molar-refractivity contribution in [3.63, 3.8) is 0 Å². The van der Waals surface area contributed by atoms with Crippen LogP contribution in [0.15, 0.2) is 60.8 Å². The second-order valence-corrected chi connectivity index (χ2v) is 8.85. The molecule has 2 aromatic heterocycles. The van der Waals surface area contributed by atoms with Gasteiger partial charge in [0.15, 0.2) is 11.6 Å². The maximum atomic E-state index is 13.0. The average Bonchev–Trinajstić information content (AvgIpc) is 2.77. The van der Waals surface area contributed by atoms with E-state index in [9.17, 15) is 12.8 Å². The molecule has 10 heteroatoms. The number of aromatic nitrogens is 3. The summed E-state index contributed by atoms with van der Waals surface area (Å²) in [5.74, 6) is 1.43. The molecule has 8 nitrogen and oxygen atoms in total. The largest absolute Gasteiger partial charge is 0.352 e. The van der Waals surface area contributed by atoms with Gasteiger partial charge in [-0.05, 0) is 42.0 Å². The molecule has 3 aromatic rings. The van der Waals surface area contributed by atoms with Crippen molar-refractivity contribution in [1.29, 1.82) is 0 Å². The minimum absolute atomic E-state index is 0.138. The van der Waals surface area contributed by atoms with Crippen LogP contribution >= 0.6 is 0 Å². The Morgan fingerprint density at radius 1 is 0.900 bits per heavy atom. The Labute approximate surface area is 174 Å². The van der Waals surface area contributed by atoms with E-state index in [1.54, 1.807) is 6.20 Å². The van der Waals surface area contributed by atoms with Crippen molar-refractivity contribution in [1.82, 2.24) is 19.5 Å². The van der Waals surface area contributed by atoms with Gasteiger partial charge in [-0.3, -0.25) is 0 Å². The number of pyridine rings is 1. The molecule has 0 amide bonds. The number of rotatable bonds is 6. The van der Waals surface area contributed by atoms with Gasteiger partial charge in [-0.25, -0.2) is 17.8 Å². The molecule has 1 N–H and O–H groups in total. The first-order valence-corrected chi connectivity index (χ1v) is 11.1. The molecule has 1 aliphatic heterocycles. The summed E-state index contributed by atoms with van der Waals surface area (Å²) < 4.78 is 39.8. The molecule has 3 heterocycles. The second kappa shape index (κ2) is 8.72. The predicted molar refractivity (Wildman–Crippen MR) is 112 cm³/mol. The minimum atomic E-state index is -3.46. The molecular weight excluding hydrogens is 407 g/mol. The Hall–Kier alpha value is -3.11. The zero-order chi connectivity index (χ0) is 21.0. The Balaban J connectivity index is 1.34. The number of nitrogens with one attached hydrogen (secondary N) is 1. The van der Waals surface area contributed by atoms with E-state index >= 15 is 0 Å². The van der Waals surface area contributed by atoms with Gasteiger partial charge in [0, 0.05) is 32.4 Å². The normalized spacial score (nSPS) is 15.2. The van der Waals surface area contributed by atoms with Crippen molar-refractivity contribution < 1.29 is 12.8 Å². The molecule has 1 fully saturated rings. The van der Waals surface area contributed by atoms with Crippen LogP contribution in [0.5, 0.6) is 0 Å². The summed E-state index contributed by atoms with van der Waals surface area (Å²) in [5, 5.41) is 11.5. The lowest BCUT2D eigenvalue weighted by atomic mass is 10.2. The van der Waals surface area contributed by atoms with Crippen LogP contribution in [-0.4, -0.2) is 54.1 Å². The standard InChI is InChI=1S/C20H21FN6O2S/c21-17-6-4-16(5-7-17)15-30(28,29)27-13-11-26(12-14-27)20-9-8-19(24-25-20)23-18-3-1-2-10-22-18/h1-10H,11-15H2,(H,22,23,24). The highest BCUT2D eigenvalue weighted by molar-refractivity contribution is 7.88. The van der Waals surface area contributed by atoms with Crippen molar-refractivity contribution in [2.24, 2.45) is 0 Å². The van der Waals surface area contributed by atoms with E-state index in [0.29, 0.717) is 49.2 Å². The molecule has 4 rings (SSSR count). The third-order valence-electron chi connectivity index (χ3n) is 4.79. The number of nitrogens with zero attached hydrogens (tertiary/aromatic N) is 5. The van der Waals surface area contributed by atoms with Gasteiger partial charge in [0.2, 0.25) is 10.0 Å². The number of hydrogen-bond acceptors (Lipinski definition) is 7. The van der Waals surface area contributed by atoms with Gasteiger partial charge in [-0.2, -0.15) is 4.31 Å². The number of anilines is 3. The van der Waals surface area contributed by atoms with Gasteiger partial charge >= 0.3 is 0 Å². The van der Waals surface area contributed by atoms with Gasteiger partial charge in [0.25, 0.3) is 0 Å². The Kier molecular flexibility index (Phi) is 5.86. The van der Waals surface area contributed by atoms with Crippen LogP contribution in [0.3, 0.4) is 0 Å². The number of halogens is 1. The molecule has 0 radical (unpaired) electrons. The lowest BCUT2D eigenvalue weighted by molar-refractivity contribution is 0.383. The SMILES string of the molecule is O=S(=O)(Cc1ccc(F)cc1)N1CCN(c2ccc(Nc3ccccn3)nn2)CC1. The van der Waals surface area contributed by atoms with Crippen molar-refractivity contribution >= 4 is 27.5 Å². The molecule has 156 valence electrons. The molecular formula is C20H21FN6O2S. The Morgan fingerprint density at radius 2 is 1.67 bits per heavy atom. The van der Waals surface area contributed by atoms with Crippen LogP contribution < -0.4 is 10.2 Å². The fourth-order valence-corrected chi connectivity index (χ4v) is 4.72. The molecule has 0 unspecified atom stereocenters. The van der Waals surface area contributed by atoms with Gasteiger partial charge < -0.3 is 10.2 Å². The van der Waals surface area contributed by atoms with Gasteiger partial charge in [0.1, 0.15) is 11.6 Å². The van der Waals surface area contributed by atoms with Gasteiger partial charge in [-0.15, -0.1) is 10.2 Å². The quantitative estimate of drug-likeness (QED) is 0.645. The zero-order valence-electron chi connectivity index (χ0n) is 16.1. The van der Waals surface area contributed by atoms with Crippen LogP contribution in [0.2, 0.25) is 0 Å². The summed E-state index contributed by atoms with van der Waals surface area (Å²) >= 11 is 0. The van der Waals surface area contributed by atoms with Crippen LogP contribution in [0.25, 0.3) is 0 Å². The van der Waals surface area contributed by atoms with Crippen molar-refractivity contribution in [2.75, 3.05) is 36.4 Å². The van der Waals surface area contributed by atoms with Crippen molar-refractivity contribution in [3.8, 4) is 0 Å². The highest BCUT2D eigenvalue weighted by Gasteiger charge is 2.27. The third kappa shape index (κ3) is 4.89. The Morgan fingerprint density at radius 3 is 2.30 bits per heavy atom. The van der Waals surface area contributed by atoms with E-state index in [0.717, 1.165) is 0 Å². The maximum absolute atomic E-state index is 13.0. The molecule has 1 aliphatic rings. The summed E-state index contributed by atoms with van der Waals surface area (Å²) in [6.07, 6.45) is 1.69. The zero-order valence-corrected chi connectivity index (χ0v) is 17.0. The smallest absolute Gasteiger partial charge is 0.218 e. The number of piperazine rings is 1. The first-order chi connectivity index (χ1) is 14.5. The molecule has 0 spiro atoms. The molecule has 0 aliphatic carbocycles. The molecule has 30 heavy (non-hydrogen) atoms. The summed E-state index contributed by atoms with van der Waals surface area (Å²) in [6, 6.07) is 14.7. The van der Waals surface area contributed by atoms with Gasteiger partial charge in [0.05, 0.1) is 5.75 Å². The molecule has 0 atom stereocenters. The third-order valence-corrected chi connectivity index (χ3v) is 6.64. The highest BCUT2D eigenvalue weighted by Crippen LogP contribution is 2.19.